The van der Waals surface area contributed by atoms with Crippen LogP contribution in [0.1, 0.15) is 30.0 Å². The van der Waals surface area contributed by atoms with E-state index in [1.54, 1.807) is 16.2 Å². The Morgan fingerprint density at radius 1 is 1.03 bits per heavy atom. The molecule has 0 bridgehead atoms. The van der Waals surface area contributed by atoms with Gasteiger partial charge in [0.05, 0.1) is 23.0 Å². The molecule has 0 radical (unpaired) electrons. The van der Waals surface area contributed by atoms with Gasteiger partial charge in [0, 0.05) is 5.70 Å². The number of hydrogen-bond donors (Lipinski definition) is 1. The molecule has 2 aromatic carbocycles. The molecule has 1 N–H and O–H groups in total. The van der Waals surface area contributed by atoms with Gasteiger partial charge in [-0.2, -0.15) is 4.98 Å². The van der Waals surface area contributed by atoms with Crippen molar-refractivity contribution in [1.82, 2.24) is 20.4 Å². The first-order valence-corrected chi connectivity index (χ1v) is 10.8. The van der Waals surface area contributed by atoms with E-state index >= 15 is 0 Å². The number of carbonyl (C=O) groups is 1. The van der Waals surface area contributed by atoms with Crippen molar-refractivity contribution in [3.05, 3.63) is 101 Å². The summed E-state index contributed by atoms with van der Waals surface area (Å²) in [6, 6.07) is 23.1. The molecule has 1 atom stereocenters. The molecule has 2 amide bonds. The minimum Gasteiger partial charge on any atom is -0.334 e. The molecule has 31 heavy (non-hydrogen) atoms. The second-order valence-corrected chi connectivity index (χ2v) is 8.21. The van der Waals surface area contributed by atoms with Gasteiger partial charge in [-0.15, -0.1) is 11.3 Å². The van der Waals surface area contributed by atoms with Crippen molar-refractivity contribution in [3.63, 3.8) is 0 Å². The highest BCUT2D eigenvalue weighted by molar-refractivity contribution is 7.13. The van der Waals surface area contributed by atoms with Crippen molar-refractivity contribution in [2.45, 2.75) is 19.5 Å². The quantitative estimate of drug-likeness (QED) is 0.456. The largest absolute Gasteiger partial charge is 0.334 e. The summed E-state index contributed by atoms with van der Waals surface area (Å²) < 4.78 is 5.69. The zero-order valence-electron chi connectivity index (χ0n) is 16.9. The molecule has 5 rings (SSSR count). The first-order valence-electron chi connectivity index (χ1n) is 9.96. The van der Waals surface area contributed by atoms with Crippen LogP contribution in [0.15, 0.2) is 88.4 Å². The monoisotopic (exact) mass is 428 g/mol. The van der Waals surface area contributed by atoms with E-state index in [-0.39, 0.29) is 12.1 Å². The van der Waals surface area contributed by atoms with E-state index in [1.165, 1.54) is 0 Å². The van der Waals surface area contributed by atoms with Gasteiger partial charge in [0.25, 0.3) is 5.89 Å². The predicted octanol–water partition coefficient (Wildman–Crippen LogP) is 5.50. The maximum absolute atomic E-state index is 13.1. The summed E-state index contributed by atoms with van der Waals surface area (Å²) in [6.45, 7) is 2.39. The molecule has 1 unspecified atom stereocenters. The minimum atomic E-state index is -0.377. The fourth-order valence-electron chi connectivity index (χ4n) is 3.75. The van der Waals surface area contributed by atoms with Crippen LogP contribution < -0.4 is 5.32 Å². The Labute approximate surface area is 183 Å². The third-order valence-corrected chi connectivity index (χ3v) is 6.18. The van der Waals surface area contributed by atoms with Gasteiger partial charge in [-0.3, -0.25) is 4.90 Å². The normalized spacial score (nSPS) is 16.5. The van der Waals surface area contributed by atoms with Crippen molar-refractivity contribution in [3.8, 4) is 10.7 Å². The Bertz CT molecular complexity index is 1220. The number of thiophene rings is 1. The third-order valence-electron chi connectivity index (χ3n) is 5.31. The standard InChI is InChI=1S/C24H20N4O2S/c1-16-20(23-26-22(27-30-23)19-13-8-14-31-19)21(18-11-6-3-7-12-18)25-24(29)28(16)15-17-9-4-2-5-10-17/h2-14,21H,15H2,1H3,(H,25,29). The van der Waals surface area contributed by atoms with E-state index in [4.69, 9.17) is 4.52 Å². The number of benzene rings is 2. The van der Waals surface area contributed by atoms with Crippen LogP contribution in [0.25, 0.3) is 16.3 Å². The van der Waals surface area contributed by atoms with Gasteiger partial charge in [-0.25, -0.2) is 4.79 Å². The van der Waals surface area contributed by atoms with Crippen LogP contribution in [0.3, 0.4) is 0 Å². The molecule has 0 fully saturated rings. The molecule has 0 saturated heterocycles. The number of hydrogen-bond acceptors (Lipinski definition) is 5. The van der Waals surface area contributed by atoms with Crippen LogP contribution >= 0.6 is 11.3 Å². The lowest BCUT2D eigenvalue weighted by molar-refractivity contribution is 0.203. The van der Waals surface area contributed by atoms with Crippen molar-refractivity contribution in [2.75, 3.05) is 0 Å². The summed E-state index contributed by atoms with van der Waals surface area (Å²) in [5.74, 6) is 0.955. The molecule has 4 aromatic rings. The minimum absolute atomic E-state index is 0.156. The van der Waals surface area contributed by atoms with Crippen molar-refractivity contribution in [1.29, 1.82) is 0 Å². The van der Waals surface area contributed by atoms with Gasteiger partial charge in [-0.1, -0.05) is 71.9 Å². The van der Waals surface area contributed by atoms with Crippen molar-refractivity contribution >= 4 is 22.9 Å². The van der Waals surface area contributed by atoms with Crippen LogP contribution in [0.4, 0.5) is 4.79 Å². The van der Waals surface area contributed by atoms with Crippen LogP contribution in [0.2, 0.25) is 0 Å². The Balaban J connectivity index is 1.60. The second-order valence-electron chi connectivity index (χ2n) is 7.26. The lowest BCUT2D eigenvalue weighted by Gasteiger charge is -2.35. The first-order chi connectivity index (χ1) is 15.2. The highest BCUT2D eigenvalue weighted by Gasteiger charge is 2.35. The Morgan fingerprint density at radius 3 is 2.48 bits per heavy atom. The average Bonchev–Trinajstić information content (AvgIpc) is 3.50. The van der Waals surface area contributed by atoms with E-state index in [0.29, 0.717) is 18.3 Å². The molecule has 0 saturated carbocycles. The zero-order chi connectivity index (χ0) is 21.2. The molecule has 1 aliphatic heterocycles. The molecule has 154 valence electrons. The Kier molecular flexibility index (Phi) is 5.09. The number of allylic oxidation sites excluding steroid dienone is 1. The molecular formula is C24H20N4O2S. The maximum atomic E-state index is 13.1. The molecule has 0 spiro atoms. The SMILES string of the molecule is CC1=C(c2nc(-c3cccs3)no2)C(c2ccccc2)NC(=O)N1Cc1ccccc1. The summed E-state index contributed by atoms with van der Waals surface area (Å²) in [4.78, 5) is 20.4. The summed E-state index contributed by atoms with van der Waals surface area (Å²) >= 11 is 1.56. The van der Waals surface area contributed by atoms with Crippen LogP contribution in [0.5, 0.6) is 0 Å². The molecule has 6 nitrogen and oxygen atoms in total. The van der Waals surface area contributed by atoms with Gasteiger partial charge in [-0.05, 0) is 29.5 Å². The van der Waals surface area contributed by atoms with Crippen LogP contribution in [-0.4, -0.2) is 21.1 Å². The summed E-state index contributed by atoms with van der Waals surface area (Å²) in [6.07, 6.45) is 0. The molecule has 0 aliphatic carbocycles. The number of carbonyl (C=O) groups excluding carboxylic acids is 1. The Hall–Kier alpha value is -3.71. The second kappa shape index (κ2) is 8.20. The third kappa shape index (κ3) is 3.75. The molecule has 2 aromatic heterocycles. The number of aromatic nitrogens is 2. The van der Waals surface area contributed by atoms with E-state index in [0.717, 1.165) is 27.3 Å². The number of urea groups is 1. The van der Waals surface area contributed by atoms with Gasteiger partial charge >= 0.3 is 6.03 Å². The molecular weight excluding hydrogens is 408 g/mol. The van der Waals surface area contributed by atoms with E-state index in [1.807, 2.05) is 85.1 Å². The summed E-state index contributed by atoms with van der Waals surface area (Å²) in [5, 5.41) is 9.29. The van der Waals surface area contributed by atoms with E-state index < -0.39 is 0 Å². The number of nitrogens with zero attached hydrogens (tertiary/aromatic N) is 3. The fraction of sp³-hybridized carbons (Fsp3) is 0.125. The highest BCUT2D eigenvalue weighted by atomic mass is 32.1. The topological polar surface area (TPSA) is 71.3 Å². The molecule has 1 aliphatic rings. The summed E-state index contributed by atoms with van der Waals surface area (Å²) in [7, 11) is 0. The maximum Gasteiger partial charge on any atom is 0.322 e. The molecule has 3 heterocycles. The average molecular weight is 429 g/mol. The number of amides is 2. The van der Waals surface area contributed by atoms with Gasteiger partial charge in [0.1, 0.15) is 0 Å². The lowest BCUT2D eigenvalue weighted by atomic mass is 9.94. The van der Waals surface area contributed by atoms with Gasteiger partial charge < -0.3 is 9.84 Å². The first kappa shape index (κ1) is 19.3. The van der Waals surface area contributed by atoms with Crippen LogP contribution in [0, 0.1) is 0 Å². The van der Waals surface area contributed by atoms with Crippen molar-refractivity contribution < 1.29 is 9.32 Å². The van der Waals surface area contributed by atoms with Gasteiger partial charge in [0.2, 0.25) is 5.82 Å². The van der Waals surface area contributed by atoms with Crippen molar-refractivity contribution in [2.24, 2.45) is 0 Å². The molecule has 7 heteroatoms. The number of rotatable bonds is 5. The highest BCUT2D eigenvalue weighted by Crippen LogP contribution is 2.38. The van der Waals surface area contributed by atoms with Gasteiger partial charge in [0.15, 0.2) is 0 Å². The van der Waals surface area contributed by atoms with E-state index in [9.17, 15) is 4.79 Å². The number of nitrogens with one attached hydrogen (secondary N) is 1. The predicted molar refractivity (Wildman–Crippen MR) is 120 cm³/mol. The van der Waals surface area contributed by atoms with Crippen LogP contribution in [-0.2, 0) is 6.54 Å². The Morgan fingerprint density at radius 2 is 1.77 bits per heavy atom. The fourth-order valence-corrected chi connectivity index (χ4v) is 4.40. The van der Waals surface area contributed by atoms with E-state index in [2.05, 4.69) is 15.5 Å². The zero-order valence-corrected chi connectivity index (χ0v) is 17.7. The summed E-state index contributed by atoms with van der Waals surface area (Å²) in [5.41, 5.74) is 3.60. The smallest absolute Gasteiger partial charge is 0.322 e. The lowest BCUT2D eigenvalue weighted by Crippen LogP contribution is -2.45.